The Morgan fingerprint density at radius 3 is 2.23 bits per heavy atom. The Hall–Kier alpha value is -6.16. The highest BCUT2D eigenvalue weighted by Gasteiger charge is 2.38. The maximum Gasteiger partial charge on any atom is 0.432 e. The monoisotopic (exact) mass is 750 g/mol. The first-order valence-corrected chi connectivity index (χ1v) is 16.5. The zero-order valence-electron chi connectivity index (χ0n) is 28.5. The number of carbonyl (C=O) groups is 3. The van der Waals surface area contributed by atoms with Crippen LogP contribution in [0.2, 0.25) is 5.02 Å². The topological polar surface area (TPSA) is 162 Å². The summed E-state index contributed by atoms with van der Waals surface area (Å²) in [6.07, 6.45) is -1.99. The first-order valence-electron chi connectivity index (χ1n) is 16.1. The van der Waals surface area contributed by atoms with E-state index >= 15 is 0 Å². The molecule has 1 aliphatic heterocycles. The van der Waals surface area contributed by atoms with Gasteiger partial charge in [-0.15, -0.1) is 0 Å². The van der Waals surface area contributed by atoms with Crippen molar-refractivity contribution in [3.05, 3.63) is 89.9 Å². The standard InChI is InChI=1S/C36H34ClF3N8O5/c1-4-31(49)44-22-14-23(46-35(51)27(19-41)33(36(38,39)40)45-21-6-8-24(52-3)9-7-21)16-25(15-22)53-30-18-29-26(17-28(30)37)34(43-20-42-29)48-12-10-47(11-13-48)32(50)5-2/h5-9,14-20,41,45H,2,4,10-13H2,1,3H3,(H,44,49)(H,46,51)/b33-27+,41-19?. The average molecular weight is 751 g/mol. The number of carbonyl (C=O) groups excluding carboxylic acids is 3. The predicted molar refractivity (Wildman–Crippen MR) is 196 cm³/mol. The Kier molecular flexibility index (Phi) is 11.8. The van der Waals surface area contributed by atoms with Gasteiger partial charge in [-0.1, -0.05) is 25.1 Å². The molecule has 1 fully saturated rings. The zero-order valence-corrected chi connectivity index (χ0v) is 29.3. The molecule has 1 aliphatic rings. The van der Waals surface area contributed by atoms with Crippen LogP contribution in [-0.4, -0.2) is 78.3 Å². The Labute approximate surface area is 306 Å². The minimum absolute atomic E-state index is 0.00234. The van der Waals surface area contributed by atoms with Crippen LogP contribution in [0.4, 0.5) is 36.1 Å². The maximum atomic E-state index is 14.2. The van der Waals surface area contributed by atoms with Gasteiger partial charge in [0.1, 0.15) is 35.1 Å². The number of piperazine rings is 1. The molecule has 5 rings (SSSR count). The van der Waals surface area contributed by atoms with E-state index in [9.17, 15) is 27.6 Å². The zero-order chi connectivity index (χ0) is 38.3. The second kappa shape index (κ2) is 16.5. The van der Waals surface area contributed by atoms with Crippen LogP contribution in [0.1, 0.15) is 13.3 Å². The number of hydrogen-bond donors (Lipinski definition) is 4. The fraction of sp³-hybridized carbons (Fsp3) is 0.222. The molecule has 0 radical (unpaired) electrons. The average Bonchev–Trinajstić information content (AvgIpc) is 3.14. The van der Waals surface area contributed by atoms with Gasteiger partial charge in [-0.2, -0.15) is 13.2 Å². The Bertz CT molecular complexity index is 2080. The van der Waals surface area contributed by atoms with Crippen LogP contribution in [0.15, 0.2) is 84.8 Å². The van der Waals surface area contributed by atoms with Gasteiger partial charge in [0.05, 0.1) is 23.2 Å². The normalized spacial score (nSPS) is 13.5. The van der Waals surface area contributed by atoms with Crippen LogP contribution in [0.25, 0.3) is 10.9 Å². The quantitative estimate of drug-likeness (QED) is 0.0903. The van der Waals surface area contributed by atoms with E-state index in [1.807, 2.05) is 4.90 Å². The van der Waals surface area contributed by atoms with E-state index in [1.54, 1.807) is 24.0 Å². The lowest BCUT2D eigenvalue weighted by molar-refractivity contribution is -0.126. The lowest BCUT2D eigenvalue weighted by Gasteiger charge is -2.35. The third-order valence-corrected chi connectivity index (χ3v) is 8.33. The molecule has 4 aromatic rings. The second-order valence-corrected chi connectivity index (χ2v) is 11.9. The van der Waals surface area contributed by atoms with Crippen LogP contribution >= 0.6 is 11.6 Å². The van der Waals surface area contributed by atoms with Gasteiger partial charge in [0.2, 0.25) is 11.8 Å². The predicted octanol–water partition coefficient (Wildman–Crippen LogP) is 6.78. The number of alkyl halides is 3. The van der Waals surface area contributed by atoms with Gasteiger partial charge in [-0.05, 0) is 42.5 Å². The maximum absolute atomic E-state index is 14.2. The molecule has 0 spiro atoms. The van der Waals surface area contributed by atoms with Crippen LogP contribution in [0, 0.1) is 5.41 Å². The molecule has 0 unspecified atom stereocenters. The van der Waals surface area contributed by atoms with Crippen molar-refractivity contribution in [2.75, 3.05) is 54.1 Å². The Morgan fingerprint density at radius 2 is 1.62 bits per heavy atom. The van der Waals surface area contributed by atoms with E-state index in [0.29, 0.717) is 54.9 Å². The molecular weight excluding hydrogens is 717 g/mol. The molecule has 17 heteroatoms. The second-order valence-electron chi connectivity index (χ2n) is 11.5. The first kappa shape index (κ1) is 38.1. The number of anilines is 4. The summed E-state index contributed by atoms with van der Waals surface area (Å²) in [7, 11) is 1.40. The number of nitrogens with zero attached hydrogens (tertiary/aromatic N) is 4. The number of halogens is 4. The minimum Gasteiger partial charge on any atom is -0.497 e. The van der Waals surface area contributed by atoms with Crippen molar-refractivity contribution in [1.82, 2.24) is 14.9 Å². The largest absolute Gasteiger partial charge is 0.497 e. The number of methoxy groups -OCH3 is 1. The molecule has 3 aromatic carbocycles. The van der Waals surface area contributed by atoms with Crippen molar-refractivity contribution in [1.29, 1.82) is 5.41 Å². The molecular formula is C36H34ClF3N8O5. The van der Waals surface area contributed by atoms with E-state index < -0.39 is 23.4 Å². The van der Waals surface area contributed by atoms with Gasteiger partial charge in [0, 0.05) is 79.5 Å². The van der Waals surface area contributed by atoms with Crippen molar-refractivity contribution < 1.29 is 37.0 Å². The van der Waals surface area contributed by atoms with Gasteiger partial charge in [-0.25, -0.2) is 9.97 Å². The molecule has 0 atom stereocenters. The van der Waals surface area contributed by atoms with Gasteiger partial charge in [0.15, 0.2) is 0 Å². The molecule has 2 heterocycles. The third kappa shape index (κ3) is 9.20. The number of hydrogen-bond acceptors (Lipinski definition) is 10. The van der Waals surface area contributed by atoms with Crippen molar-refractivity contribution in [3.8, 4) is 17.2 Å². The van der Waals surface area contributed by atoms with E-state index in [4.69, 9.17) is 26.5 Å². The SMILES string of the molecule is C=CC(=O)N1CCN(c2ncnc3cc(Oc4cc(NC(=O)CC)cc(NC(=O)/C(C=N)=C(/Nc5ccc(OC)cc5)C(F)(F)F)c4)c(Cl)cc23)CC1. The molecule has 13 nitrogen and oxygen atoms in total. The van der Waals surface area contributed by atoms with E-state index in [2.05, 4.69) is 32.5 Å². The summed E-state index contributed by atoms with van der Waals surface area (Å²) in [5, 5.41) is 15.7. The van der Waals surface area contributed by atoms with Gasteiger partial charge in [-0.3, -0.25) is 14.4 Å². The van der Waals surface area contributed by atoms with Crippen molar-refractivity contribution in [2.24, 2.45) is 0 Å². The molecule has 53 heavy (non-hydrogen) atoms. The molecule has 0 aliphatic carbocycles. The highest BCUT2D eigenvalue weighted by atomic mass is 35.5. The molecule has 0 saturated carbocycles. The Balaban J connectivity index is 1.45. The van der Waals surface area contributed by atoms with Gasteiger partial charge in [0.25, 0.3) is 5.91 Å². The number of ether oxygens (including phenoxy) is 2. The first-order chi connectivity index (χ1) is 25.3. The van der Waals surface area contributed by atoms with Crippen LogP contribution in [0.5, 0.6) is 17.2 Å². The van der Waals surface area contributed by atoms with Crippen LogP contribution < -0.4 is 30.3 Å². The number of rotatable bonds is 12. The van der Waals surface area contributed by atoms with E-state index in [-0.39, 0.29) is 51.8 Å². The summed E-state index contributed by atoms with van der Waals surface area (Å²) in [6.45, 7) is 7.15. The number of allylic oxidation sites excluding steroid dienone is 1. The van der Waals surface area contributed by atoms with E-state index in [0.717, 1.165) is 0 Å². The van der Waals surface area contributed by atoms with Crippen molar-refractivity contribution >= 4 is 69.3 Å². The number of nitrogens with one attached hydrogen (secondary N) is 4. The molecule has 3 amide bonds. The third-order valence-electron chi connectivity index (χ3n) is 8.03. The van der Waals surface area contributed by atoms with Crippen molar-refractivity contribution in [2.45, 2.75) is 19.5 Å². The highest BCUT2D eigenvalue weighted by Crippen LogP contribution is 2.38. The highest BCUT2D eigenvalue weighted by molar-refractivity contribution is 6.33. The van der Waals surface area contributed by atoms with Gasteiger partial charge >= 0.3 is 6.18 Å². The number of amides is 3. The van der Waals surface area contributed by atoms with Gasteiger partial charge < -0.3 is 40.6 Å². The molecule has 4 N–H and O–H groups in total. The van der Waals surface area contributed by atoms with Crippen molar-refractivity contribution in [3.63, 3.8) is 0 Å². The Morgan fingerprint density at radius 1 is 0.943 bits per heavy atom. The van der Waals surface area contributed by atoms with Crippen LogP contribution in [0.3, 0.4) is 0 Å². The molecule has 1 saturated heterocycles. The summed E-state index contributed by atoms with van der Waals surface area (Å²) in [5.41, 5.74) is -1.91. The molecule has 276 valence electrons. The lowest BCUT2D eigenvalue weighted by Crippen LogP contribution is -2.48. The summed E-state index contributed by atoms with van der Waals surface area (Å²) in [5.74, 6) is -0.584. The summed E-state index contributed by atoms with van der Waals surface area (Å²) < 4.78 is 53.9. The molecule has 0 bridgehead atoms. The fourth-order valence-electron chi connectivity index (χ4n) is 5.38. The number of benzene rings is 3. The number of aromatic nitrogens is 2. The molecule has 1 aromatic heterocycles. The number of fused-ring (bicyclic) bond motifs is 1. The van der Waals surface area contributed by atoms with Crippen LogP contribution in [-0.2, 0) is 14.4 Å². The van der Waals surface area contributed by atoms with E-state index in [1.165, 1.54) is 62.0 Å². The fourth-order valence-corrected chi connectivity index (χ4v) is 5.58. The summed E-state index contributed by atoms with van der Waals surface area (Å²) in [4.78, 5) is 50.2. The summed E-state index contributed by atoms with van der Waals surface area (Å²) >= 11 is 6.69. The lowest BCUT2D eigenvalue weighted by atomic mass is 10.1. The smallest absolute Gasteiger partial charge is 0.432 e. The summed E-state index contributed by atoms with van der Waals surface area (Å²) in [6, 6.07) is 12.8. The minimum atomic E-state index is -5.05.